The van der Waals surface area contributed by atoms with E-state index in [2.05, 4.69) is 10.2 Å². The third kappa shape index (κ3) is 4.72. The van der Waals surface area contributed by atoms with Crippen LogP contribution in [0.4, 0.5) is 0 Å². The number of methoxy groups -OCH3 is 1. The Balaban J connectivity index is 1.61. The number of thioether (sulfide) groups is 1. The maximum Gasteiger partial charge on any atom is 0.233 e. The van der Waals surface area contributed by atoms with E-state index in [4.69, 9.17) is 4.74 Å². The van der Waals surface area contributed by atoms with Gasteiger partial charge in [0.1, 0.15) is 5.75 Å². The first-order valence-corrected chi connectivity index (χ1v) is 11.6. The Bertz CT molecular complexity index is 730. The van der Waals surface area contributed by atoms with Crippen molar-refractivity contribution in [2.75, 3.05) is 31.7 Å². The largest absolute Gasteiger partial charge is 0.497 e. The summed E-state index contributed by atoms with van der Waals surface area (Å²) in [7, 11) is -1.48. The number of likely N-dealkylation sites (tertiary alicyclic amines) is 1. The average molecular weight is 399 g/mol. The van der Waals surface area contributed by atoms with Crippen LogP contribution in [0.15, 0.2) is 29.2 Å². The molecule has 3 unspecified atom stereocenters. The standard InChI is InChI=1S/C18H26N2O4S2/c1-13(25-15-7-5-14(24-2)6-8-15)18(21)19-16-11-26(22,23)12-17(16)20-9-3-4-10-20/h5-8,13,16-17H,3-4,9-12H2,1-2H3,(H,19,21). The molecule has 1 aromatic carbocycles. The number of nitrogens with one attached hydrogen (secondary N) is 1. The summed E-state index contributed by atoms with van der Waals surface area (Å²) in [6.45, 7) is 3.68. The summed E-state index contributed by atoms with van der Waals surface area (Å²) in [4.78, 5) is 15.8. The van der Waals surface area contributed by atoms with E-state index in [9.17, 15) is 13.2 Å². The molecular weight excluding hydrogens is 372 g/mol. The van der Waals surface area contributed by atoms with Gasteiger partial charge in [-0.15, -0.1) is 11.8 Å². The van der Waals surface area contributed by atoms with Crippen molar-refractivity contribution >= 4 is 27.5 Å². The van der Waals surface area contributed by atoms with Gasteiger partial charge in [0.15, 0.2) is 9.84 Å². The molecule has 144 valence electrons. The van der Waals surface area contributed by atoms with E-state index in [0.29, 0.717) is 0 Å². The summed E-state index contributed by atoms with van der Waals surface area (Å²) in [5, 5.41) is 2.70. The summed E-state index contributed by atoms with van der Waals surface area (Å²) in [5.41, 5.74) is 0. The van der Waals surface area contributed by atoms with Gasteiger partial charge in [-0.2, -0.15) is 0 Å². The first kappa shape index (κ1) is 19.5. The van der Waals surface area contributed by atoms with Gasteiger partial charge in [0.2, 0.25) is 5.91 Å². The van der Waals surface area contributed by atoms with E-state index in [1.54, 1.807) is 7.11 Å². The lowest BCUT2D eigenvalue weighted by molar-refractivity contribution is -0.121. The normalized spacial score (nSPS) is 26.5. The molecule has 0 spiro atoms. The number of amides is 1. The highest BCUT2D eigenvalue weighted by molar-refractivity contribution is 8.00. The summed E-state index contributed by atoms with van der Waals surface area (Å²) in [6, 6.07) is 7.15. The molecule has 6 nitrogen and oxygen atoms in total. The third-order valence-corrected chi connectivity index (χ3v) is 7.83. The van der Waals surface area contributed by atoms with Crippen LogP contribution in [0.3, 0.4) is 0 Å². The van der Waals surface area contributed by atoms with Crippen LogP contribution >= 0.6 is 11.8 Å². The van der Waals surface area contributed by atoms with Gasteiger partial charge in [-0.3, -0.25) is 9.69 Å². The molecule has 3 atom stereocenters. The third-order valence-electron chi connectivity index (χ3n) is 5.00. The summed E-state index contributed by atoms with van der Waals surface area (Å²) in [6.07, 6.45) is 2.20. The van der Waals surface area contributed by atoms with E-state index in [-0.39, 0.29) is 34.7 Å². The Labute approximate surface area is 159 Å². The van der Waals surface area contributed by atoms with Gasteiger partial charge in [-0.25, -0.2) is 8.42 Å². The van der Waals surface area contributed by atoms with E-state index in [0.717, 1.165) is 36.6 Å². The van der Waals surface area contributed by atoms with Gasteiger partial charge < -0.3 is 10.1 Å². The number of rotatable bonds is 6. The molecule has 1 aromatic rings. The second-order valence-corrected chi connectivity index (χ2v) is 10.5. The van der Waals surface area contributed by atoms with Gasteiger partial charge in [0.25, 0.3) is 0 Å². The zero-order valence-electron chi connectivity index (χ0n) is 15.2. The number of hydrogen-bond donors (Lipinski definition) is 1. The highest BCUT2D eigenvalue weighted by Crippen LogP contribution is 2.27. The second kappa shape index (κ2) is 8.19. The number of carbonyl (C=O) groups excluding carboxylic acids is 1. The molecule has 26 heavy (non-hydrogen) atoms. The lowest BCUT2D eigenvalue weighted by Crippen LogP contribution is -2.51. The molecule has 0 aromatic heterocycles. The summed E-state index contributed by atoms with van der Waals surface area (Å²) >= 11 is 1.46. The molecule has 0 saturated carbocycles. The molecule has 3 rings (SSSR count). The molecule has 0 aliphatic carbocycles. The lowest BCUT2D eigenvalue weighted by atomic mass is 10.1. The topological polar surface area (TPSA) is 75.7 Å². The fraction of sp³-hybridized carbons (Fsp3) is 0.611. The molecule has 1 amide bonds. The minimum absolute atomic E-state index is 0.0415. The number of nitrogens with zero attached hydrogens (tertiary/aromatic N) is 1. The van der Waals surface area contributed by atoms with Crippen LogP contribution in [0.1, 0.15) is 19.8 Å². The van der Waals surface area contributed by atoms with Crippen LogP contribution in [0.2, 0.25) is 0 Å². The zero-order chi connectivity index (χ0) is 18.7. The predicted octanol–water partition coefficient (Wildman–Crippen LogP) is 1.55. The highest BCUT2D eigenvalue weighted by Gasteiger charge is 2.42. The van der Waals surface area contributed by atoms with E-state index >= 15 is 0 Å². The number of benzene rings is 1. The van der Waals surface area contributed by atoms with Crippen molar-refractivity contribution in [1.82, 2.24) is 10.2 Å². The second-order valence-electron chi connectivity index (χ2n) is 6.94. The van der Waals surface area contributed by atoms with Crippen LogP contribution in [0, 0.1) is 0 Å². The van der Waals surface area contributed by atoms with Crippen molar-refractivity contribution in [1.29, 1.82) is 0 Å². The molecule has 2 fully saturated rings. The maximum atomic E-state index is 12.6. The van der Waals surface area contributed by atoms with Crippen molar-refractivity contribution in [2.24, 2.45) is 0 Å². The molecule has 2 aliphatic rings. The quantitative estimate of drug-likeness (QED) is 0.733. The van der Waals surface area contributed by atoms with Gasteiger partial charge >= 0.3 is 0 Å². The molecule has 2 aliphatic heterocycles. The van der Waals surface area contributed by atoms with Crippen molar-refractivity contribution in [3.63, 3.8) is 0 Å². The molecule has 8 heteroatoms. The minimum Gasteiger partial charge on any atom is -0.497 e. The molecule has 1 N–H and O–H groups in total. The van der Waals surface area contributed by atoms with Crippen molar-refractivity contribution in [2.45, 2.75) is 42.0 Å². The number of ether oxygens (including phenoxy) is 1. The maximum absolute atomic E-state index is 12.6. The van der Waals surface area contributed by atoms with Crippen LogP contribution in [0.5, 0.6) is 5.75 Å². The van der Waals surface area contributed by atoms with Crippen molar-refractivity contribution in [3.05, 3.63) is 24.3 Å². The molecular formula is C18H26N2O4S2. The highest BCUT2D eigenvalue weighted by atomic mass is 32.2. The number of carbonyl (C=O) groups is 1. The lowest BCUT2D eigenvalue weighted by Gasteiger charge is -2.29. The van der Waals surface area contributed by atoms with E-state index in [1.165, 1.54) is 11.8 Å². The minimum atomic E-state index is -3.10. The van der Waals surface area contributed by atoms with Crippen molar-refractivity contribution < 1.29 is 17.9 Å². The number of hydrogen-bond acceptors (Lipinski definition) is 6. The Morgan fingerprint density at radius 3 is 2.50 bits per heavy atom. The average Bonchev–Trinajstić information content (AvgIpc) is 3.23. The Hall–Kier alpha value is -1.25. The van der Waals surface area contributed by atoms with E-state index in [1.807, 2.05) is 31.2 Å². The van der Waals surface area contributed by atoms with Gasteiger partial charge in [0, 0.05) is 10.9 Å². The Morgan fingerprint density at radius 2 is 1.88 bits per heavy atom. The van der Waals surface area contributed by atoms with E-state index < -0.39 is 9.84 Å². The Kier molecular flexibility index (Phi) is 6.14. The first-order chi connectivity index (χ1) is 12.4. The van der Waals surface area contributed by atoms with Crippen LogP contribution < -0.4 is 10.1 Å². The van der Waals surface area contributed by atoms with Gasteiger partial charge in [0.05, 0.1) is 29.9 Å². The molecule has 0 bridgehead atoms. The van der Waals surface area contributed by atoms with Crippen molar-refractivity contribution in [3.8, 4) is 5.75 Å². The smallest absolute Gasteiger partial charge is 0.233 e. The van der Waals surface area contributed by atoms with Gasteiger partial charge in [-0.05, 0) is 57.1 Å². The Morgan fingerprint density at radius 1 is 1.23 bits per heavy atom. The summed E-state index contributed by atoms with van der Waals surface area (Å²) in [5.74, 6) is 0.853. The SMILES string of the molecule is COc1ccc(SC(C)C(=O)NC2CS(=O)(=O)CC2N2CCCC2)cc1. The first-order valence-electron chi connectivity index (χ1n) is 8.93. The fourth-order valence-electron chi connectivity index (χ4n) is 3.61. The molecule has 2 heterocycles. The van der Waals surface area contributed by atoms with Gasteiger partial charge in [-0.1, -0.05) is 0 Å². The zero-order valence-corrected chi connectivity index (χ0v) is 16.8. The van der Waals surface area contributed by atoms with Crippen LogP contribution in [-0.2, 0) is 14.6 Å². The monoisotopic (exact) mass is 398 g/mol. The van der Waals surface area contributed by atoms with Crippen LogP contribution in [-0.4, -0.2) is 68.3 Å². The predicted molar refractivity (Wildman–Crippen MR) is 103 cm³/mol. The molecule has 2 saturated heterocycles. The number of sulfone groups is 1. The summed E-state index contributed by atoms with van der Waals surface area (Å²) < 4.78 is 29.4. The van der Waals surface area contributed by atoms with Crippen LogP contribution in [0.25, 0.3) is 0 Å². The molecule has 0 radical (unpaired) electrons. The fourth-order valence-corrected chi connectivity index (χ4v) is 6.44.